The van der Waals surface area contributed by atoms with Gasteiger partial charge in [0, 0.05) is 22.9 Å². The van der Waals surface area contributed by atoms with Crippen LogP contribution in [0, 0.1) is 5.82 Å². The third-order valence-corrected chi connectivity index (χ3v) is 3.76. The molecule has 1 aromatic heterocycles. The Morgan fingerprint density at radius 2 is 2.22 bits per heavy atom. The fourth-order valence-electron chi connectivity index (χ4n) is 1.51. The maximum atomic E-state index is 13.1. The Balaban J connectivity index is 2.18. The SMILES string of the molecule is COc1csc(C(=O)Cc2cc(F)ccc2Cl)c1. The molecule has 2 aromatic rings. The third kappa shape index (κ3) is 2.89. The lowest BCUT2D eigenvalue weighted by molar-refractivity contribution is 0.0996. The fraction of sp³-hybridized carbons (Fsp3) is 0.154. The van der Waals surface area contributed by atoms with E-state index in [1.165, 1.54) is 29.5 Å². The zero-order chi connectivity index (χ0) is 13.1. The van der Waals surface area contributed by atoms with Gasteiger partial charge < -0.3 is 4.74 Å². The number of methoxy groups -OCH3 is 1. The number of rotatable bonds is 4. The minimum Gasteiger partial charge on any atom is -0.496 e. The smallest absolute Gasteiger partial charge is 0.177 e. The number of carbonyl (C=O) groups excluding carboxylic acids is 1. The van der Waals surface area contributed by atoms with Crippen molar-refractivity contribution in [3.8, 4) is 5.75 Å². The van der Waals surface area contributed by atoms with Crippen molar-refractivity contribution in [2.24, 2.45) is 0 Å². The fourth-order valence-corrected chi connectivity index (χ4v) is 2.49. The van der Waals surface area contributed by atoms with Gasteiger partial charge in [-0.15, -0.1) is 11.3 Å². The maximum Gasteiger partial charge on any atom is 0.177 e. The van der Waals surface area contributed by atoms with Crippen LogP contribution in [0.2, 0.25) is 5.02 Å². The first-order valence-corrected chi connectivity index (χ1v) is 6.45. The Bertz CT molecular complexity index is 580. The Hall–Kier alpha value is -1.39. The summed E-state index contributed by atoms with van der Waals surface area (Å²) in [5.74, 6) is 0.149. The number of halogens is 2. The van der Waals surface area contributed by atoms with E-state index >= 15 is 0 Å². The predicted molar refractivity (Wildman–Crippen MR) is 70.3 cm³/mol. The molecule has 0 radical (unpaired) electrons. The first-order valence-electron chi connectivity index (χ1n) is 5.20. The second kappa shape index (κ2) is 5.50. The average Bonchev–Trinajstić information content (AvgIpc) is 2.82. The molecule has 2 nitrogen and oxygen atoms in total. The van der Waals surface area contributed by atoms with Crippen LogP contribution in [0.15, 0.2) is 29.6 Å². The summed E-state index contributed by atoms with van der Waals surface area (Å²) in [5.41, 5.74) is 0.494. The molecule has 0 N–H and O–H groups in total. The number of carbonyl (C=O) groups is 1. The highest BCUT2D eigenvalue weighted by Gasteiger charge is 2.13. The van der Waals surface area contributed by atoms with Gasteiger partial charge in [0.1, 0.15) is 11.6 Å². The molecule has 18 heavy (non-hydrogen) atoms. The molecule has 0 saturated carbocycles. The second-order valence-corrected chi connectivity index (χ2v) is 5.00. The Kier molecular flexibility index (Phi) is 3.99. The summed E-state index contributed by atoms with van der Waals surface area (Å²) < 4.78 is 18.1. The Morgan fingerprint density at radius 1 is 1.44 bits per heavy atom. The van der Waals surface area contributed by atoms with Gasteiger partial charge in [-0.1, -0.05) is 11.6 Å². The van der Waals surface area contributed by atoms with Crippen LogP contribution >= 0.6 is 22.9 Å². The van der Waals surface area contributed by atoms with E-state index in [1.54, 1.807) is 18.6 Å². The second-order valence-electron chi connectivity index (χ2n) is 3.69. The lowest BCUT2D eigenvalue weighted by atomic mass is 10.1. The molecule has 5 heteroatoms. The van der Waals surface area contributed by atoms with E-state index < -0.39 is 5.82 Å². The molecule has 1 aromatic carbocycles. The van der Waals surface area contributed by atoms with Gasteiger partial charge in [0.05, 0.1) is 12.0 Å². The highest BCUT2D eigenvalue weighted by Crippen LogP contribution is 2.24. The number of ketones is 1. The number of hydrogen-bond donors (Lipinski definition) is 0. The molecular formula is C13H10ClFO2S. The van der Waals surface area contributed by atoms with Crippen molar-refractivity contribution in [1.29, 1.82) is 0 Å². The molecular weight excluding hydrogens is 275 g/mol. The van der Waals surface area contributed by atoms with E-state index in [0.717, 1.165) is 0 Å². The quantitative estimate of drug-likeness (QED) is 0.794. The first kappa shape index (κ1) is 13.1. The molecule has 2 rings (SSSR count). The van der Waals surface area contributed by atoms with Crippen molar-refractivity contribution in [2.45, 2.75) is 6.42 Å². The Morgan fingerprint density at radius 3 is 2.89 bits per heavy atom. The molecule has 1 heterocycles. The van der Waals surface area contributed by atoms with E-state index in [1.807, 2.05) is 0 Å². The molecule has 0 bridgehead atoms. The molecule has 0 atom stereocenters. The number of thiophene rings is 1. The van der Waals surface area contributed by atoms with Crippen LogP contribution in [0.4, 0.5) is 4.39 Å². The molecule has 0 spiro atoms. The van der Waals surface area contributed by atoms with Crippen molar-refractivity contribution in [1.82, 2.24) is 0 Å². The van der Waals surface area contributed by atoms with Gasteiger partial charge in [-0.3, -0.25) is 4.79 Å². The number of benzene rings is 1. The predicted octanol–water partition coefficient (Wildman–Crippen LogP) is 3.97. The van der Waals surface area contributed by atoms with Gasteiger partial charge in [-0.25, -0.2) is 4.39 Å². The van der Waals surface area contributed by atoms with Gasteiger partial charge in [0.15, 0.2) is 5.78 Å². The minimum atomic E-state index is -0.397. The van der Waals surface area contributed by atoms with Crippen LogP contribution in [0.3, 0.4) is 0 Å². The minimum absolute atomic E-state index is 0.0836. The van der Waals surface area contributed by atoms with Gasteiger partial charge >= 0.3 is 0 Å². The maximum absolute atomic E-state index is 13.1. The summed E-state index contributed by atoms with van der Waals surface area (Å²) in [6.45, 7) is 0. The largest absolute Gasteiger partial charge is 0.496 e. The monoisotopic (exact) mass is 284 g/mol. The van der Waals surface area contributed by atoms with E-state index in [9.17, 15) is 9.18 Å². The number of Topliss-reactive ketones (excluding diaryl/α,β-unsaturated/α-hetero) is 1. The Labute approximate surface area is 113 Å². The third-order valence-electron chi connectivity index (χ3n) is 2.44. The van der Waals surface area contributed by atoms with E-state index in [-0.39, 0.29) is 12.2 Å². The van der Waals surface area contributed by atoms with Crippen molar-refractivity contribution in [3.63, 3.8) is 0 Å². The van der Waals surface area contributed by atoms with E-state index in [4.69, 9.17) is 16.3 Å². The molecule has 0 unspecified atom stereocenters. The van der Waals surface area contributed by atoms with Gasteiger partial charge in [0.25, 0.3) is 0 Å². The molecule has 0 aliphatic carbocycles. The highest BCUT2D eigenvalue weighted by molar-refractivity contribution is 7.12. The van der Waals surface area contributed by atoms with Crippen LogP contribution in [0.25, 0.3) is 0 Å². The zero-order valence-electron chi connectivity index (χ0n) is 9.57. The normalized spacial score (nSPS) is 10.4. The van der Waals surface area contributed by atoms with Crippen molar-refractivity contribution in [3.05, 3.63) is 50.9 Å². The first-order chi connectivity index (χ1) is 8.60. The topological polar surface area (TPSA) is 26.3 Å². The molecule has 0 aliphatic heterocycles. The summed E-state index contributed by atoms with van der Waals surface area (Å²) in [6, 6.07) is 5.67. The van der Waals surface area contributed by atoms with Gasteiger partial charge in [0.2, 0.25) is 0 Å². The number of hydrogen-bond acceptors (Lipinski definition) is 3. The average molecular weight is 285 g/mol. The lowest BCUT2D eigenvalue weighted by Crippen LogP contribution is -2.02. The summed E-state index contributed by atoms with van der Waals surface area (Å²) in [5, 5.41) is 2.15. The lowest BCUT2D eigenvalue weighted by Gasteiger charge is -2.02. The van der Waals surface area contributed by atoms with Crippen LogP contribution < -0.4 is 4.74 Å². The van der Waals surface area contributed by atoms with Crippen molar-refractivity contribution < 1.29 is 13.9 Å². The molecule has 94 valence electrons. The zero-order valence-corrected chi connectivity index (χ0v) is 11.1. The number of ether oxygens (including phenoxy) is 1. The molecule has 0 amide bonds. The standard InChI is InChI=1S/C13H10ClFO2S/c1-17-10-6-13(18-7-10)12(16)5-8-4-9(15)2-3-11(8)14/h2-4,6-7H,5H2,1H3. The van der Waals surface area contributed by atoms with Crippen LogP contribution in [0.1, 0.15) is 15.2 Å². The summed E-state index contributed by atoms with van der Waals surface area (Å²) in [6.07, 6.45) is 0.0836. The summed E-state index contributed by atoms with van der Waals surface area (Å²) >= 11 is 7.22. The van der Waals surface area contributed by atoms with Gasteiger partial charge in [-0.2, -0.15) is 0 Å². The van der Waals surface area contributed by atoms with Crippen molar-refractivity contribution in [2.75, 3.05) is 7.11 Å². The highest BCUT2D eigenvalue weighted by atomic mass is 35.5. The van der Waals surface area contributed by atoms with Crippen molar-refractivity contribution >= 4 is 28.7 Å². The summed E-state index contributed by atoms with van der Waals surface area (Å²) in [4.78, 5) is 12.6. The van der Waals surface area contributed by atoms with Gasteiger partial charge in [-0.05, 0) is 23.8 Å². The van der Waals surface area contributed by atoms with Crippen LogP contribution in [-0.2, 0) is 6.42 Å². The van der Waals surface area contributed by atoms with E-state index in [0.29, 0.717) is 21.2 Å². The van der Waals surface area contributed by atoms with Crippen LogP contribution in [0.5, 0.6) is 5.75 Å². The summed E-state index contributed by atoms with van der Waals surface area (Å²) in [7, 11) is 1.54. The molecule has 0 aliphatic rings. The molecule has 0 saturated heterocycles. The van der Waals surface area contributed by atoms with E-state index in [2.05, 4.69) is 0 Å². The molecule has 0 fully saturated rings. The van der Waals surface area contributed by atoms with Crippen LogP contribution in [-0.4, -0.2) is 12.9 Å².